The van der Waals surface area contributed by atoms with Gasteiger partial charge in [0.2, 0.25) is 0 Å². The predicted octanol–water partition coefficient (Wildman–Crippen LogP) is 3.92. The highest BCUT2D eigenvalue weighted by Crippen LogP contribution is 2.39. The largest absolute Gasteiger partial charge is 0.330 e. The van der Waals surface area contributed by atoms with Crippen molar-refractivity contribution in [3.8, 4) is 0 Å². The Hall–Kier alpha value is -3.30. The van der Waals surface area contributed by atoms with Crippen molar-refractivity contribution in [2.75, 3.05) is 39.0 Å². The molecule has 2 aliphatic heterocycles. The average Bonchev–Trinajstić information content (AvgIpc) is 3.50. The zero-order valence-corrected chi connectivity index (χ0v) is 20.7. The van der Waals surface area contributed by atoms with Crippen LogP contribution < -0.4 is 10.6 Å². The van der Waals surface area contributed by atoms with Crippen molar-refractivity contribution in [2.24, 2.45) is 4.99 Å². The third-order valence-electron chi connectivity index (χ3n) is 6.55. The average molecular weight is 476 g/mol. The fourth-order valence-electron chi connectivity index (χ4n) is 4.69. The Labute approximate surface area is 203 Å². The van der Waals surface area contributed by atoms with Crippen LogP contribution >= 0.6 is 11.3 Å². The fourth-order valence-corrected chi connectivity index (χ4v) is 5.48. The molecule has 5 rings (SSSR count). The van der Waals surface area contributed by atoms with Gasteiger partial charge in [-0.3, -0.25) is 4.99 Å². The lowest BCUT2D eigenvalue weighted by molar-refractivity contribution is 0.165. The maximum atomic E-state index is 13.6. The van der Waals surface area contributed by atoms with E-state index in [9.17, 15) is 4.79 Å². The summed E-state index contributed by atoms with van der Waals surface area (Å²) in [5, 5.41) is 8.70. The normalized spacial score (nSPS) is 17.8. The molecule has 176 valence electrons. The molecule has 0 saturated carbocycles. The lowest BCUT2D eigenvalue weighted by atomic mass is 9.94. The first-order valence-electron chi connectivity index (χ1n) is 11.3. The molecule has 8 nitrogen and oxygen atoms in total. The number of fused-ring (bicyclic) bond motifs is 1. The Balaban J connectivity index is 1.35. The van der Waals surface area contributed by atoms with Crippen LogP contribution in [0.15, 0.2) is 64.2 Å². The molecular weight excluding hydrogens is 446 g/mol. The van der Waals surface area contributed by atoms with Crippen LogP contribution in [0.4, 0.5) is 10.6 Å². The molecule has 2 N–H and O–H groups in total. The number of hydrogen-bond acceptors (Lipinski definition) is 7. The van der Waals surface area contributed by atoms with Crippen LogP contribution in [0.5, 0.6) is 0 Å². The summed E-state index contributed by atoms with van der Waals surface area (Å²) in [5.41, 5.74) is 3.82. The monoisotopic (exact) mass is 475 g/mol. The highest BCUT2D eigenvalue weighted by atomic mass is 32.1. The number of carbonyl (C=O) groups excluding carboxylic acids is 1. The number of aromatic nitrogens is 2. The first-order chi connectivity index (χ1) is 16.3. The van der Waals surface area contributed by atoms with Crippen molar-refractivity contribution in [2.45, 2.75) is 25.4 Å². The lowest BCUT2D eigenvalue weighted by Crippen LogP contribution is -2.52. The van der Waals surface area contributed by atoms with Gasteiger partial charge in [0.1, 0.15) is 12.2 Å². The van der Waals surface area contributed by atoms with Crippen LogP contribution in [0.1, 0.15) is 25.5 Å². The number of nitrogens with zero attached hydrogens (tertiary/aromatic N) is 5. The molecule has 2 aliphatic rings. The van der Waals surface area contributed by atoms with Crippen LogP contribution in [-0.2, 0) is 0 Å². The molecular formula is C25H29N7OS. The van der Waals surface area contributed by atoms with E-state index < -0.39 is 5.54 Å². The van der Waals surface area contributed by atoms with Gasteiger partial charge in [-0.15, -0.1) is 11.3 Å². The van der Waals surface area contributed by atoms with E-state index in [1.165, 1.54) is 5.57 Å². The van der Waals surface area contributed by atoms with Gasteiger partial charge < -0.3 is 20.4 Å². The summed E-state index contributed by atoms with van der Waals surface area (Å²) in [4.78, 5) is 31.1. The zero-order valence-electron chi connectivity index (χ0n) is 19.9. The molecule has 0 radical (unpaired) electrons. The van der Waals surface area contributed by atoms with Crippen LogP contribution in [0.25, 0.3) is 10.2 Å². The zero-order chi connectivity index (χ0) is 23.9. The molecule has 0 bridgehead atoms. The third kappa shape index (κ3) is 4.05. The summed E-state index contributed by atoms with van der Waals surface area (Å²) < 4.78 is 1.00. The number of likely N-dealkylation sites (N-methyl/N-ethyl adjacent to an activating group) is 1. The summed E-state index contributed by atoms with van der Waals surface area (Å²) in [7, 11) is 4.04. The predicted molar refractivity (Wildman–Crippen MR) is 137 cm³/mol. The van der Waals surface area contributed by atoms with Gasteiger partial charge in [0.25, 0.3) is 0 Å². The third-order valence-corrected chi connectivity index (χ3v) is 7.46. The van der Waals surface area contributed by atoms with Crippen molar-refractivity contribution in [3.63, 3.8) is 0 Å². The van der Waals surface area contributed by atoms with E-state index in [0.29, 0.717) is 13.1 Å². The van der Waals surface area contributed by atoms with E-state index in [4.69, 9.17) is 4.99 Å². The van der Waals surface area contributed by atoms with Gasteiger partial charge in [0.15, 0.2) is 5.82 Å². The number of thiophene rings is 1. The number of aliphatic imine (C=N–C) groups is 1. The SMILES string of the molecule is CN(C)C[C@@H](NC(=O)N1CC2=C(CN=C2Nc2ncnc3ccsc23)C1(C)C)c1ccccc1. The van der Waals surface area contributed by atoms with Gasteiger partial charge in [0, 0.05) is 12.1 Å². The lowest BCUT2D eigenvalue weighted by Gasteiger charge is -2.36. The van der Waals surface area contributed by atoms with Crippen LogP contribution in [-0.4, -0.2) is 70.9 Å². The van der Waals surface area contributed by atoms with Gasteiger partial charge in [-0.05, 0) is 50.5 Å². The number of amidine groups is 1. The molecule has 0 saturated heterocycles. The molecule has 0 spiro atoms. The number of anilines is 1. The van der Waals surface area contributed by atoms with E-state index >= 15 is 0 Å². The minimum atomic E-state index is -0.435. The Morgan fingerprint density at radius 3 is 2.76 bits per heavy atom. The summed E-state index contributed by atoms with van der Waals surface area (Å²) >= 11 is 1.60. The molecule has 0 unspecified atom stereocenters. The topological polar surface area (TPSA) is 85.8 Å². The summed E-state index contributed by atoms with van der Waals surface area (Å²) in [6, 6.07) is 11.9. The van der Waals surface area contributed by atoms with Crippen LogP contribution in [0.3, 0.4) is 0 Å². The van der Waals surface area contributed by atoms with E-state index in [0.717, 1.165) is 39.6 Å². The van der Waals surface area contributed by atoms with Crippen molar-refractivity contribution in [3.05, 3.63) is 64.8 Å². The standard InChI is InChI=1S/C25H29N7OS/c1-25(2)18-12-26-22(30-23-21-19(10-11-34-21)27-15-28-23)17(18)13-32(25)24(33)29-20(14-31(3)4)16-8-6-5-7-9-16/h5-11,15,20H,12-14H2,1-4H3,(H,29,33)(H,26,27,28,30)/t20-/m1/s1. The van der Waals surface area contributed by atoms with Gasteiger partial charge in [0.05, 0.1) is 34.9 Å². The molecule has 2 amide bonds. The number of benzene rings is 1. The molecule has 4 heterocycles. The Morgan fingerprint density at radius 1 is 1.21 bits per heavy atom. The van der Waals surface area contributed by atoms with Crippen LogP contribution in [0.2, 0.25) is 0 Å². The molecule has 0 fully saturated rings. The van der Waals surface area contributed by atoms with Crippen molar-refractivity contribution in [1.29, 1.82) is 0 Å². The molecule has 0 aliphatic carbocycles. The van der Waals surface area contributed by atoms with Crippen molar-refractivity contribution >= 4 is 39.2 Å². The summed E-state index contributed by atoms with van der Waals surface area (Å²) in [6.07, 6.45) is 1.56. The smallest absolute Gasteiger partial charge is 0.318 e. The molecule has 1 atom stereocenters. The maximum absolute atomic E-state index is 13.6. The van der Waals surface area contributed by atoms with E-state index in [2.05, 4.69) is 51.5 Å². The van der Waals surface area contributed by atoms with E-state index in [1.54, 1.807) is 17.7 Å². The molecule has 1 aromatic carbocycles. The van der Waals surface area contributed by atoms with Gasteiger partial charge in [-0.1, -0.05) is 30.3 Å². The highest BCUT2D eigenvalue weighted by Gasteiger charge is 2.45. The minimum Gasteiger partial charge on any atom is -0.330 e. The molecule has 2 aromatic heterocycles. The van der Waals surface area contributed by atoms with Gasteiger partial charge in [-0.2, -0.15) is 0 Å². The maximum Gasteiger partial charge on any atom is 0.318 e. The second-order valence-electron chi connectivity index (χ2n) is 9.42. The molecule has 34 heavy (non-hydrogen) atoms. The van der Waals surface area contributed by atoms with Gasteiger partial charge >= 0.3 is 6.03 Å². The fraction of sp³-hybridized carbons (Fsp3) is 0.360. The summed E-state index contributed by atoms with van der Waals surface area (Å²) in [5.74, 6) is 1.54. The Morgan fingerprint density at radius 2 is 2.00 bits per heavy atom. The minimum absolute atomic E-state index is 0.0721. The highest BCUT2D eigenvalue weighted by molar-refractivity contribution is 7.17. The Bertz CT molecular complexity index is 1280. The molecule has 3 aromatic rings. The van der Waals surface area contributed by atoms with Crippen LogP contribution in [0, 0.1) is 0 Å². The second-order valence-corrected chi connectivity index (χ2v) is 10.3. The van der Waals surface area contributed by atoms with Crippen molar-refractivity contribution in [1.82, 2.24) is 25.1 Å². The number of carbonyl (C=O) groups is 1. The van der Waals surface area contributed by atoms with E-state index in [1.807, 2.05) is 48.6 Å². The number of rotatable bonds is 5. The molecule has 9 heteroatoms. The van der Waals surface area contributed by atoms with E-state index in [-0.39, 0.29) is 12.1 Å². The van der Waals surface area contributed by atoms with Gasteiger partial charge in [-0.25, -0.2) is 14.8 Å². The second kappa shape index (κ2) is 8.81. The number of hydrogen-bond donors (Lipinski definition) is 2. The van der Waals surface area contributed by atoms with Crippen molar-refractivity contribution < 1.29 is 4.79 Å². The number of nitrogens with one attached hydrogen (secondary N) is 2. The first kappa shape index (κ1) is 22.5. The number of amides is 2. The summed E-state index contributed by atoms with van der Waals surface area (Å²) in [6.45, 7) is 5.99. The first-order valence-corrected chi connectivity index (χ1v) is 12.2. The Kier molecular flexibility index (Phi) is 5.83. The number of urea groups is 1. The quantitative estimate of drug-likeness (QED) is 0.584.